The van der Waals surface area contributed by atoms with Crippen LogP contribution in [0.3, 0.4) is 0 Å². The molecule has 5 atom stereocenters. The van der Waals surface area contributed by atoms with Crippen LogP contribution in [0.5, 0.6) is 0 Å². The molecule has 4 amide bonds. The Labute approximate surface area is 344 Å². The van der Waals surface area contributed by atoms with Crippen LogP contribution >= 0.6 is 0 Å². The van der Waals surface area contributed by atoms with Gasteiger partial charge in [0.15, 0.2) is 5.78 Å². The lowest BCUT2D eigenvalue weighted by Crippen LogP contribution is -2.68. The van der Waals surface area contributed by atoms with E-state index in [9.17, 15) is 28.4 Å². The Morgan fingerprint density at radius 1 is 0.862 bits per heavy atom. The maximum absolute atomic E-state index is 14.7. The topological polar surface area (TPSA) is 134 Å². The summed E-state index contributed by atoms with van der Waals surface area (Å²) in [5.41, 5.74) is -1.15. The quantitative estimate of drug-likeness (QED) is 0.137. The first-order valence-electron chi connectivity index (χ1n) is 20.9. The van der Waals surface area contributed by atoms with Gasteiger partial charge in [-0.15, -0.1) is 0 Å². The number of hydrogen-bond acceptors (Lipinski definition) is 6. The number of nitrogens with one attached hydrogen (secondary N) is 3. The van der Waals surface area contributed by atoms with Crippen molar-refractivity contribution in [3.05, 3.63) is 96.3 Å². The molecule has 12 heteroatoms. The molecule has 5 rings (SSSR count). The number of unbranched alkanes of at least 4 members (excludes halogenated alkanes) is 2. The van der Waals surface area contributed by atoms with Crippen LogP contribution in [0.15, 0.2) is 84.9 Å². The van der Waals surface area contributed by atoms with Gasteiger partial charge >= 0.3 is 0 Å². The number of Topliss-reactive ketones (excluding diaryl/α,β-unsaturated/α-hetero) is 1. The minimum Gasteiger partial charge on any atom is -0.397 e. The highest BCUT2D eigenvalue weighted by molar-refractivity contribution is 6.99. The summed E-state index contributed by atoms with van der Waals surface area (Å²) in [6.07, 6.45) is 3.32. The summed E-state index contributed by atoms with van der Waals surface area (Å²) in [6, 6.07) is 23.7. The fraction of sp³-hybridized carbons (Fsp3) is 0.500. The third-order valence-electron chi connectivity index (χ3n) is 11.9. The Balaban J connectivity index is 1.27. The van der Waals surface area contributed by atoms with E-state index in [4.69, 9.17) is 4.43 Å². The molecule has 0 bridgehead atoms. The van der Waals surface area contributed by atoms with Crippen molar-refractivity contribution in [3.8, 4) is 0 Å². The number of benzene rings is 3. The number of nitrogens with zero attached hydrogens (tertiary/aromatic N) is 1. The van der Waals surface area contributed by atoms with Crippen LogP contribution in [0.4, 0.5) is 4.39 Å². The van der Waals surface area contributed by atoms with Gasteiger partial charge in [0.05, 0.1) is 0 Å². The first-order chi connectivity index (χ1) is 27.6. The number of carbonyl (C=O) groups excluding carboxylic acids is 5. The molecule has 58 heavy (non-hydrogen) atoms. The summed E-state index contributed by atoms with van der Waals surface area (Å²) >= 11 is 0. The summed E-state index contributed by atoms with van der Waals surface area (Å²) in [6.45, 7) is 12.2. The minimum atomic E-state index is -2.94. The van der Waals surface area contributed by atoms with E-state index < -0.39 is 67.5 Å². The van der Waals surface area contributed by atoms with Gasteiger partial charge < -0.3 is 25.3 Å². The number of carbonyl (C=O) groups is 5. The smallest absolute Gasteiger partial charge is 0.262 e. The van der Waals surface area contributed by atoms with Gasteiger partial charge in [0.1, 0.15) is 35.6 Å². The predicted molar refractivity (Wildman–Crippen MR) is 226 cm³/mol. The Morgan fingerprint density at radius 2 is 1.48 bits per heavy atom. The average molecular weight is 813 g/mol. The monoisotopic (exact) mass is 812 g/mol. The summed E-state index contributed by atoms with van der Waals surface area (Å²) in [5, 5.41) is 10.5. The molecule has 3 aromatic rings. The van der Waals surface area contributed by atoms with Crippen LogP contribution in [0.1, 0.15) is 105 Å². The fourth-order valence-electron chi connectivity index (χ4n) is 8.37. The van der Waals surface area contributed by atoms with Gasteiger partial charge in [0, 0.05) is 19.4 Å². The van der Waals surface area contributed by atoms with Gasteiger partial charge in [0.25, 0.3) is 8.32 Å². The lowest BCUT2D eigenvalue weighted by molar-refractivity contribution is -0.144. The summed E-state index contributed by atoms with van der Waals surface area (Å²) in [4.78, 5) is 71.0. The van der Waals surface area contributed by atoms with E-state index in [0.717, 1.165) is 10.4 Å². The standard InChI is InChI=1S/C46H61FN4O6Si/c1-7-40(57-58(45(3,4)5,33-22-12-9-13-23-33)34-24-14-10-15-25-34)39(52)29-17-11-16-27-36-41(53)50-46(6,8-2)44(56)49-37(31-32-21-18-19-26-35(32)47)43(55)51-30-20-28-38(51)42(54)48-36/h9-10,12-15,18-19,21-26,36-38,40H,7-8,11,16-17,20,27-31H2,1-6H3,(H,48,54)(H,49,56)(H,50,53)/t36-,37-,38+,40-,46-/m0/s1. The SMILES string of the molecule is CC[C@H](O[Si](c1ccccc1)(c1ccccc1)C(C)(C)C)C(=O)CCCCC[C@@H]1NC(=O)[C@H]2CCCN2C(=O)[C@H](Cc2ccccc2F)NC(=O)[C@](C)(CC)NC1=O. The second kappa shape index (κ2) is 19.4. The highest BCUT2D eigenvalue weighted by Gasteiger charge is 2.52. The zero-order valence-corrected chi connectivity index (χ0v) is 35.9. The van der Waals surface area contributed by atoms with E-state index in [-0.39, 0.29) is 35.6 Å². The van der Waals surface area contributed by atoms with E-state index in [1.165, 1.54) is 11.0 Å². The van der Waals surface area contributed by atoms with Crippen LogP contribution in [0, 0.1) is 5.82 Å². The first-order valence-corrected chi connectivity index (χ1v) is 22.8. The van der Waals surface area contributed by atoms with Crippen molar-refractivity contribution in [1.82, 2.24) is 20.9 Å². The Bertz CT molecular complexity index is 1870. The van der Waals surface area contributed by atoms with Crippen LogP contribution < -0.4 is 26.3 Å². The molecule has 2 heterocycles. The molecule has 3 aromatic carbocycles. The van der Waals surface area contributed by atoms with E-state index in [1.54, 1.807) is 32.0 Å². The Morgan fingerprint density at radius 3 is 2.07 bits per heavy atom. The minimum absolute atomic E-state index is 0.0385. The largest absolute Gasteiger partial charge is 0.397 e. The predicted octanol–water partition coefficient (Wildman–Crippen LogP) is 5.50. The van der Waals surface area contributed by atoms with E-state index in [0.29, 0.717) is 51.5 Å². The van der Waals surface area contributed by atoms with Gasteiger partial charge in [-0.05, 0) is 72.5 Å². The molecule has 0 radical (unpaired) electrons. The molecule has 0 unspecified atom stereocenters. The molecule has 2 saturated heterocycles. The van der Waals surface area contributed by atoms with Crippen LogP contribution in [0.25, 0.3) is 0 Å². The lowest BCUT2D eigenvalue weighted by atomic mass is 9.94. The molecule has 2 aliphatic rings. The normalized spacial score (nSPS) is 22.5. The third kappa shape index (κ3) is 9.94. The molecule has 0 aliphatic carbocycles. The Hall–Kier alpha value is -4.68. The van der Waals surface area contributed by atoms with Gasteiger partial charge in [-0.1, -0.05) is 126 Å². The average Bonchev–Trinajstić information content (AvgIpc) is 3.71. The van der Waals surface area contributed by atoms with Crippen molar-refractivity contribution in [1.29, 1.82) is 0 Å². The number of amides is 4. The fourth-order valence-corrected chi connectivity index (χ4v) is 13.1. The Kier molecular flexibility index (Phi) is 14.8. The van der Waals surface area contributed by atoms with Crippen LogP contribution in [-0.4, -0.2) is 78.9 Å². The van der Waals surface area contributed by atoms with Crippen molar-refractivity contribution < 1.29 is 32.8 Å². The maximum Gasteiger partial charge on any atom is 0.262 e. The van der Waals surface area contributed by atoms with Gasteiger partial charge in [-0.25, -0.2) is 4.39 Å². The van der Waals surface area contributed by atoms with Crippen molar-refractivity contribution in [2.45, 2.75) is 141 Å². The van der Waals surface area contributed by atoms with Crippen molar-refractivity contribution in [3.63, 3.8) is 0 Å². The summed E-state index contributed by atoms with van der Waals surface area (Å²) < 4.78 is 21.9. The molecule has 0 spiro atoms. The van der Waals surface area contributed by atoms with Crippen molar-refractivity contribution in [2.75, 3.05) is 6.54 Å². The molecule has 0 aromatic heterocycles. The third-order valence-corrected chi connectivity index (χ3v) is 17.0. The lowest BCUT2D eigenvalue weighted by Gasteiger charge is -2.44. The van der Waals surface area contributed by atoms with Crippen molar-refractivity contribution >= 4 is 48.1 Å². The molecule has 0 saturated carbocycles. The molecular weight excluding hydrogens is 752 g/mol. The van der Waals surface area contributed by atoms with Gasteiger partial charge in [-0.3, -0.25) is 24.0 Å². The second-order valence-corrected chi connectivity index (χ2v) is 21.2. The number of hydrogen-bond donors (Lipinski definition) is 3. The zero-order chi connectivity index (χ0) is 42.1. The van der Waals surface area contributed by atoms with Crippen molar-refractivity contribution in [2.24, 2.45) is 0 Å². The number of fused-ring (bicyclic) bond motifs is 1. The highest BCUT2D eigenvalue weighted by Crippen LogP contribution is 2.38. The molecular formula is C46H61FN4O6Si. The van der Waals surface area contributed by atoms with Gasteiger partial charge in [-0.2, -0.15) is 0 Å². The summed E-state index contributed by atoms with van der Waals surface area (Å²) in [7, 11) is -2.94. The second-order valence-electron chi connectivity index (χ2n) is 17.0. The maximum atomic E-state index is 14.7. The molecule has 3 N–H and O–H groups in total. The highest BCUT2D eigenvalue weighted by atomic mass is 28.4. The molecule has 2 fully saturated rings. The summed E-state index contributed by atoms with van der Waals surface area (Å²) in [5.74, 6) is -2.44. The molecule has 10 nitrogen and oxygen atoms in total. The van der Waals surface area contributed by atoms with E-state index >= 15 is 0 Å². The molecule has 2 aliphatic heterocycles. The zero-order valence-electron chi connectivity index (χ0n) is 34.9. The number of rotatable bonds is 15. The van der Waals surface area contributed by atoms with Crippen LogP contribution in [-0.2, 0) is 34.8 Å². The van der Waals surface area contributed by atoms with E-state index in [2.05, 4.69) is 61.0 Å². The molecule has 312 valence electrons. The number of ketones is 1. The first kappa shape index (κ1) is 44.4. The van der Waals surface area contributed by atoms with Crippen LogP contribution in [0.2, 0.25) is 5.04 Å². The van der Waals surface area contributed by atoms with E-state index in [1.807, 2.05) is 43.3 Å². The number of halogens is 1. The van der Waals surface area contributed by atoms with Gasteiger partial charge in [0.2, 0.25) is 23.6 Å².